The topological polar surface area (TPSA) is 29.5 Å². The van der Waals surface area contributed by atoms with Crippen molar-refractivity contribution >= 4 is 33.4 Å². The van der Waals surface area contributed by atoms with E-state index in [0.29, 0.717) is 35.7 Å². The van der Waals surface area contributed by atoms with Crippen molar-refractivity contribution in [1.29, 1.82) is 0 Å². The van der Waals surface area contributed by atoms with Gasteiger partial charge in [0.25, 0.3) is 5.91 Å². The summed E-state index contributed by atoms with van der Waals surface area (Å²) in [4.78, 5) is 14.3. The number of hydrogen-bond donors (Lipinski definition) is 0. The van der Waals surface area contributed by atoms with Gasteiger partial charge in [0.2, 0.25) is 0 Å². The van der Waals surface area contributed by atoms with Crippen LogP contribution in [0, 0.1) is 6.92 Å². The smallest absolute Gasteiger partial charge is 0.255 e. The molecule has 0 aliphatic carbocycles. The third-order valence-electron chi connectivity index (χ3n) is 3.02. The van der Waals surface area contributed by atoms with E-state index in [9.17, 15) is 4.79 Å². The molecule has 0 aromatic heterocycles. The highest BCUT2D eigenvalue weighted by Crippen LogP contribution is 2.21. The van der Waals surface area contributed by atoms with Crippen molar-refractivity contribution in [3.63, 3.8) is 0 Å². The molecule has 1 saturated heterocycles. The van der Waals surface area contributed by atoms with Gasteiger partial charge in [-0.1, -0.05) is 33.6 Å². The SMILES string of the molecule is Cc1ccc(C(=O)N2CCOCC2CBr)c(Cl)c1. The summed E-state index contributed by atoms with van der Waals surface area (Å²) in [5, 5.41) is 1.22. The van der Waals surface area contributed by atoms with Gasteiger partial charge in [0.1, 0.15) is 0 Å². The van der Waals surface area contributed by atoms with Gasteiger partial charge in [-0.25, -0.2) is 0 Å². The van der Waals surface area contributed by atoms with Crippen LogP contribution in [0.4, 0.5) is 0 Å². The Bertz CT molecular complexity index is 453. The lowest BCUT2D eigenvalue weighted by Crippen LogP contribution is -2.49. The number of ether oxygens (including phenoxy) is 1. The molecule has 2 rings (SSSR count). The average molecular weight is 333 g/mol. The average Bonchev–Trinajstić information content (AvgIpc) is 2.38. The van der Waals surface area contributed by atoms with Crippen molar-refractivity contribution < 1.29 is 9.53 Å². The van der Waals surface area contributed by atoms with Crippen LogP contribution in [0.5, 0.6) is 0 Å². The second kappa shape index (κ2) is 6.04. The molecular weight excluding hydrogens is 318 g/mol. The maximum atomic E-state index is 12.5. The Morgan fingerprint density at radius 3 is 3.06 bits per heavy atom. The molecule has 1 aromatic rings. The molecule has 0 bridgehead atoms. The largest absolute Gasteiger partial charge is 0.377 e. The van der Waals surface area contributed by atoms with Gasteiger partial charge in [0.15, 0.2) is 0 Å². The van der Waals surface area contributed by atoms with Crippen LogP contribution in [0.25, 0.3) is 0 Å². The summed E-state index contributed by atoms with van der Waals surface area (Å²) in [5.74, 6) is -0.0206. The van der Waals surface area contributed by atoms with E-state index in [2.05, 4.69) is 15.9 Å². The van der Waals surface area contributed by atoms with Gasteiger partial charge in [0, 0.05) is 11.9 Å². The van der Waals surface area contributed by atoms with Gasteiger partial charge < -0.3 is 9.64 Å². The summed E-state index contributed by atoms with van der Waals surface area (Å²) >= 11 is 9.56. The molecule has 18 heavy (non-hydrogen) atoms. The van der Waals surface area contributed by atoms with Crippen LogP contribution in [0.15, 0.2) is 18.2 Å². The van der Waals surface area contributed by atoms with Crippen LogP contribution in [-0.4, -0.2) is 41.9 Å². The van der Waals surface area contributed by atoms with Crippen molar-refractivity contribution in [2.75, 3.05) is 25.1 Å². The number of halogens is 2. The van der Waals surface area contributed by atoms with Crippen LogP contribution in [-0.2, 0) is 4.74 Å². The predicted octanol–water partition coefficient (Wildman–Crippen LogP) is 2.88. The number of alkyl halides is 1. The summed E-state index contributed by atoms with van der Waals surface area (Å²) in [5.41, 5.74) is 1.62. The first-order chi connectivity index (χ1) is 8.63. The van der Waals surface area contributed by atoms with E-state index in [0.717, 1.165) is 5.56 Å². The standard InChI is InChI=1S/C13H15BrClNO2/c1-9-2-3-11(12(15)6-9)13(17)16-4-5-18-8-10(16)7-14/h2-3,6,10H,4-5,7-8H2,1H3. The summed E-state index contributed by atoms with van der Waals surface area (Å²) in [7, 11) is 0. The number of hydrogen-bond acceptors (Lipinski definition) is 2. The minimum absolute atomic E-state index is 0.0206. The van der Waals surface area contributed by atoms with Crippen LogP contribution in [0.1, 0.15) is 15.9 Å². The minimum atomic E-state index is -0.0206. The molecule has 1 fully saturated rings. The first kappa shape index (κ1) is 13.8. The van der Waals surface area contributed by atoms with Gasteiger partial charge in [-0.3, -0.25) is 4.79 Å². The summed E-state index contributed by atoms with van der Waals surface area (Å²) in [6.07, 6.45) is 0. The van der Waals surface area contributed by atoms with Crippen molar-refractivity contribution in [1.82, 2.24) is 4.90 Å². The van der Waals surface area contributed by atoms with E-state index in [4.69, 9.17) is 16.3 Å². The number of nitrogens with zero attached hydrogens (tertiary/aromatic N) is 1. The number of amides is 1. The maximum Gasteiger partial charge on any atom is 0.255 e. The quantitative estimate of drug-likeness (QED) is 0.779. The Morgan fingerprint density at radius 1 is 1.61 bits per heavy atom. The maximum absolute atomic E-state index is 12.5. The molecular formula is C13H15BrClNO2. The molecule has 5 heteroatoms. The molecule has 1 atom stereocenters. The molecule has 1 aromatic carbocycles. The first-order valence-electron chi connectivity index (χ1n) is 5.84. The lowest BCUT2D eigenvalue weighted by Gasteiger charge is -2.34. The van der Waals surface area contributed by atoms with Gasteiger partial charge >= 0.3 is 0 Å². The molecule has 1 heterocycles. The predicted molar refractivity (Wildman–Crippen MR) is 75.6 cm³/mol. The summed E-state index contributed by atoms with van der Waals surface area (Å²) in [6.45, 7) is 3.72. The highest BCUT2D eigenvalue weighted by molar-refractivity contribution is 9.09. The van der Waals surface area contributed by atoms with E-state index in [1.807, 2.05) is 24.0 Å². The monoisotopic (exact) mass is 331 g/mol. The normalized spacial score (nSPS) is 19.9. The molecule has 0 radical (unpaired) electrons. The number of benzene rings is 1. The Labute approximate surface area is 120 Å². The van der Waals surface area contributed by atoms with Gasteiger partial charge in [-0.05, 0) is 24.6 Å². The van der Waals surface area contributed by atoms with Gasteiger partial charge in [0.05, 0.1) is 29.8 Å². The molecule has 0 N–H and O–H groups in total. The zero-order valence-corrected chi connectivity index (χ0v) is 12.5. The van der Waals surface area contributed by atoms with Crippen molar-refractivity contribution in [2.45, 2.75) is 13.0 Å². The van der Waals surface area contributed by atoms with Crippen LogP contribution < -0.4 is 0 Å². The van der Waals surface area contributed by atoms with Gasteiger partial charge in [-0.15, -0.1) is 0 Å². The lowest BCUT2D eigenvalue weighted by atomic mass is 10.1. The number of morpholine rings is 1. The van der Waals surface area contributed by atoms with Crippen molar-refractivity contribution in [2.24, 2.45) is 0 Å². The van der Waals surface area contributed by atoms with E-state index in [1.54, 1.807) is 6.07 Å². The van der Waals surface area contributed by atoms with Crippen LogP contribution >= 0.6 is 27.5 Å². The molecule has 1 aliphatic rings. The van der Waals surface area contributed by atoms with Crippen molar-refractivity contribution in [3.05, 3.63) is 34.3 Å². The Kier molecular flexibility index (Phi) is 4.65. The second-order valence-corrected chi connectivity index (χ2v) is 5.42. The van der Waals surface area contributed by atoms with E-state index < -0.39 is 0 Å². The fraction of sp³-hybridized carbons (Fsp3) is 0.462. The van der Waals surface area contributed by atoms with Gasteiger partial charge in [-0.2, -0.15) is 0 Å². The van der Waals surface area contributed by atoms with Crippen molar-refractivity contribution in [3.8, 4) is 0 Å². The minimum Gasteiger partial charge on any atom is -0.377 e. The summed E-state index contributed by atoms with van der Waals surface area (Å²) in [6, 6.07) is 5.59. The molecule has 98 valence electrons. The highest BCUT2D eigenvalue weighted by Gasteiger charge is 2.28. The van der Waals surface area contributed by atoms with Crippen LogP contribution in [0.3, 0.4) is 0 Å². The fourth-order valence-electron chi connectivity index (χ4n) is 2.00. The Morgan fingerprint density at radius 2 is 2.39 bits per heavy atom. The van der Waals surface area contributed by atoms with E-state index in [-0.39, 0.29) is 11.9 Å². The molecule has 1 aliphatic heterocycles. The zero-order chi connectivity index (χ0) is 13.1. The highest BCUT2D eigenvalue weighted by atomic mass is 79.9. The molecule has 0 spiro atoms. The van der Waals surface area contributed by atoms with E-state index >= 15 is 0 Å². The Balaban J connectivity index is 2.24. The second-order valence-electron chi connectivity index (χ2n) is 4.36. The molecule has 1 unspecified atom stereocenters. The number of carbonyl (C=O) groups excluding carboxylic acids is 1. The zero-order valence-electron chi connectivity index (χ0n) is 10.2. The third kappa shape index (κ3) is 2.87. The number of aryl methyl sites for hydroxylation is 1. The Hall–Kier alpha value is -0.580. The van der Waals surface area contributed by atoms with Crippen LogP contribution in [0.2, 0.25) is 5.02 Å². The number of rotatable bonds is 2. The number of carbonyl (C=O) groups is 1. The molecule has 3 nitrogen and oxygen atoms in total. The lowest BCUT2D eigenvalue weighted by molar-refractivity contribution is 0.00526. The first-order valence-corrected chi connectivity index (χ1v) is 7.34. The summed E-state index contributed by atoms with van der Waals surface area (Å²) < 4.78 is 5.38. The molecule has 0 saturated carbocycles. The third-order valence-corrected chi connectivity index (χ3v) is 4.08. The van der Waals surface area contributed by atoms with E-state index in [1.165, 1.54) is 0 Å². The fourth-order valence-corrected chi connectivity index (χ4v) is 2.85. The molecule has 1 amide bonds.